The second-order valence-corrected chi connectivity index (χ2v) is 5.86. The summed E-state index contributed by atoms with van der Waals surface area (Å²) >= 11 is 0. The van der Waals surface area contributed by atoms with Crippen LogP contribution >= 0.6 is 0 Å². The number of aliphatic carboxylic acids is 1. The number of carboxylic acids is 1. The zero-order valence-electron chi connectivity index (χ0n) is 13.1. The highest BCUT2D eigenvalue weighted by Crippen LogP contribution is 2.22. The van der Waals surface area contributed by atoms with Gasteiger partial charge in [0.25, 0.3) is 0 Å². The minimum absolute atomic E-state index is 0.0585. The van der Waals surface area contributed by atoms with Crippen molar-refractivity contribution in [2.75, 3.05) is 26.3 Å². The third-order valence-electron chi connectivity index (χ3n) is 4.08. The van der Waals surface area contributed by atoms with Crippen LogP contribution in [0.1, 0.15) is 11.1 Å². The van der Waals surface area contributed by atoms with E-state index in [0.29, 0.717) is 0 Å². The van der Waals surface area contributed by atoms with Gasteiger partial charge in [-0.3, -0.25) is 9.69 Å². The van der Waals surface area contributed by atoms with Gasteiger partial charge < -0.3 is 9.84 Å². The van der Waals surface area contributed by atoms with Gasteiger partial charge in [-0.15, -0.1) is 0 Å². The molecule has 2 aromatic rings. The lowest BCUT2D eigenvalue weighted by molar-refractivity contribution is -0.136. The maximum absolute atomic E-state index is 10.8. The average molecular weight is 311 g/mol. The summed E-state index contributed by atoms with van der Waals surface area (Å²) in [5.74, 6) is -0.803. The Morgan fingerprint density at radius 2 is 1.74 bits per heavy atom. The molecule has 0 amide bonds. The number of benzene rings is 2. The molecule has 4 heteroatoms. The highest BCUT2D eigenvalue weighted by molar-refractivity contribution is 5.72. The van der Waals surface area contributed by atoms with E-state index < -0.39 is 5.97 Å². The molecular formula is C19H21NO3. The number of rotatable bonds is 5. The Balaban J connectivity index is 1.70. The number of hydrogen-bond donors (Lipinski definition) is 1. The Bertz CT molecular complexity index is 661. The molecule has 3 rings (SSSR count). The van der Waals surface area contributed by atoms with Crippen molar-refractivity contribution in [1.82, 2.24) is 4.90 Å². The molecule has 2 aromatic carbocycles. The number of morpholine rings is 1. The van der Waals surface area contributed by atoms with Gasteiger partial charge in [-0.05, 0) is 22.3 Å². The van der Waals surface area contributed by atoms with Gasteiger partial charge in [0.05, 0.1) is 19.6 Å². The van der Waals surface area contributed by atoms with E-state index in [4.69, 9.17) is 9.84 Å². The van der Waals surface area contributed by atoms with Gasteiger partial charge >= 0.3 is 5.97 Å². The van der Waals surface area contributed by atoms with E-state index in [2.05, 4.69) is 29.2 Å². The summed E-state index contributed by atoms with van der Waals surface area (Å²) in [6.07, 6.45) is 0.0585. The number of nitrogens with zero attached hydrogens (tertiary/aromatic N) is 1. The van der Waals surface area contributed by atoms with Gasteiger partial charge in [0.1, 0.15) is 0 Å². The van der Waals surface area contributed by atoms with Gasteiger partial charge in [-0.25, -0.2) is 0 Å². The fraction of sp³-hybridized carbons (Fsp3) is 0.316. The summed E-state index contributed by atoms with van der Waals surface area (Å²) in [4.78, 5) is 13.2. The second-order valence-electron chi connectivity index (χ2n) is 5.86. The second kappa shape index (κ2) is 7.40. The molecule has 1 saturated heterocycles. The molecule has 1 N–H and O–H groups in total. The molecule has 0 atom stereocenters. The van der Waals surface area contributed by atoms with Gasteiger partial charge in [-0.2, -0.15) is 0 Å². The predicted octanol–water partition coefficient (Wildman–Crippen LogP) is 2.81. The minimum Gasteiger partial charge on any atom is -0.481 e. The molecule has 1 heterocycles. The largest absolute Gasteiger partial charge is 0.481 e. The first kappa shape index (κ1) is 15.7. The Labute approximate surface area is 136 Å². The SMILES string of the molecule is O=C(O)Cc1cccc(-c2ccc(CN3CCOCC3)cc2)c1. The van der Waals surface area contributed by atoms with Crippen LogP contribution in [-0.2, 0) is 22.5 Å². The van der Waals surface area contributed by atoms with Crippen LogP contribution in [0.2, 0.25) is 0 Å². The van der Waals surface area contributed by atoms with E-state index in [9.17, 15) is 4.79 Å². The van der Waals surface area contributed by atoms with Crippen molar-refractivity contribution in [2.45, 2.75) is 13.0 Å². The molecule has 0 saturated carbocycles. The quantitative estimate of drug-likeness (QED) is 0.922. The lowest BCUT2D eigenvalue weighted by Crippen LogP contribution is -2.35. The molecule has 120 valence electrons. The zero-order chi connectivity index (χ0) is 16.1. The van der Waals surface area contributed by atoms with E-state index in [1.807, 2.05) is 24.3 Å². The van der Waals surface area contributed by atoms with Gasteiger partial charge in [0, 0.05) is 19.6 Å². The molecule has 0 aromatic heterocycles. The fourth-order valence-electron chi connectivity index (χ4n) is 2.86. The van der Waals surface area contributed by atoms with Crippen LogP contribution in [0.4, 0.5) is 0 Å². The molecule has 0 spiro atoms. The van der Waals surface area contributed by atoms with Crippen LogP contribution in [0.3, 0.4) is 0 Å². The summed E-state index contributed by atoms with van der Waals surface area (Å²) in [6, 6.07) is 16.2. The maximum Gasteiger partial charge on any atom is 0.307 e. The van der Waals surface area contributed by atoms with Crippen LogP contribution in [0, 0.1) is 0 Å². The van der Waals surface area contributed by atoms with Crippen LogP contribution in [0.15, 0.2) is 48.5 Å². The molecule has 0 bridgehead atoms. The summed E-state index contributed by atoms with van der Waals surface area (Å²) in [6.45, 7) is 4.55. The number of ether oxygens (including phenoxy) is 1. The number of carboxylic acid groups (broad SMARTS) is 1. The molecule has 4 nitrogen and oxygen atoms in total. The average Bonchev–Trinajstić information content (AvgIpc) is 2.56. The molecule has 1 aliphatic rings. The number of carbonyl (C=O) groups is 1. The molecule has 0 aliphatic carbocycles. The van der Waals surface area contributed by atoms with Crippen LogP contribution in [0.25, 0.3) is 11.1 Å². The number of hydrogen-bond acceptors (Lipinski definition) is 3. The van der Waals surface area contributed by atoms with Gasteiger partial charge in [0.15, 0.2) is 0 Å². The van der Waals surface area contributed by atoms with Crippen molar-refractivity contribution in [1.29, 1.82) is 0 Å². The van der Waals surface area contributed by atoms with Crippen molar-refractivity contribution >= 4 is 5.97 Å². The summed E-state index contributed by atoms with van der Waals surface area (Å²) in [5, 5.41) is 8.91. The van der Waals surface area contributed by atoms with Crippen LogP contribution in [-0.4, -0.2) is 42.3 Å². The standard InChI is InChI=1S/C19H21NO3/c21-19(22)13-16-2-1-3-18(12-16)17-6-4-15(5-7-17)14-20-8-10-23-11-9-20/h1-7,12H,8-11,13-14H2,(H,21,22). The smallest absolute Gasteiger partial charge is 0.307 e. The third kappa shape index (κ3) is 4.41. The first-order valence-electron chi connectivity index (χ1n) is 7.91. The maximum atomic E-state index is 10.8. The summed E-state index contributed by atoms with van der Waals surface area (Å²) in [5.41, 5.74) is 4.29. The normalized spacial score (nSPS) is 15.5. The molecular weight excluding hydrogens is 290 g/mol. The van der Waals surface area contributed by atoms with Crippen LogP contribution < -0.4 is 0 Å². The van der Waals surface area contributed by atoms with Crippen molar-refractivity contribution in [2.24, 2.45) is 0 Å². The topological polar surface area (TPSA) is 49.8 Å². The van der Waals surface area contributed by atoms with Crippen LogP contribution in [0.5, 0.6) is 0 Å². The van der Waals surface area contributed by atoms with E-state index in [1.165, 1.54) is 5.56 Å². The minimum atomic E-state index is -0.803. The Kier molecular flexibility index (Phi) is 5.05. The summed E-state index contributed by atoms with van der Waals surface area (Å²) in [7, 11) is 0. The molecule has 23 heavy (non-hydrogen) atoms. The van der Waals surface area contributed by atoms with E-state index in [1.54, 1.807) is 0 Å². The zero-order valence-corrected chi connectivity index (χ0v) is 13.1. The van der Waals surface area contributed by atoms with Crippen molar-refractivity contribution in [3.8, 4) is 11.1 Å². The van der Waals surface area contributed by atoms with Crippen molar-refractivity contribution in [3.63, 3.8) is 0 Å². The Morgan fingerprint density at radius 3 is 2.43 bits per heavy atom. The van der Waals surface area contributed by atoms with E-state index >= 15 is 0 Å². The first-order chi connectivity index (χ1) is 11.2. The van der Waals surface area contributed by atoms with E-state index in [0.717, 1.165) is 49.5 Å². The first-order valence-corrected chi connectivity index (χ1v) is 7.91. The predicted molar refractivity (Wildman–Crippen MR) is 89.3 cm³/mol. The molecule has 0 radical (unpaired) electrons. The van der Waals surface area contributed by atoms with Gasteiger partial charge in [0.2, 0.25) is 0 Å². The highest BCUT2D eigenvalue weighted by Gasteiger charge is 2.10. The molecule has 0 unspecified atom stereocenters. The monoisotopic (exact) mass is 311 g/mol. The van der Waals surface area contributed by atoms with Gasteiger partial charge in [-0.1, -0.05) is 48.5 Å². The third-order valence-corrected chi connectivity index (χ3v) is 4.08. The Morgan fingerprint density at radius 1 is 1.00 bits per heavy atom. The highest BCUT2D eigenvalue weighted by atomic mass is 16.5. The van der Waals surface area contributed by atoms with E-state index in [-0.39, 0.29) is 6.42 Å². The fourth-order valence-corrected chi connectivity index (χ4v) is 2.86. The summed E-state index contributed by atoms with van der Waals surface area (Å²) < 4.78 is 5.37. The van der Waals surface area contributed by atoms with Crippen molar-refractivity contribution in [3.05, 3.63) is 59.7 Å². The lowest BCUT2D eigenvalue weighted by Gasteiger charge is -2.26. The Hall–Kier alpha value is -2.17. The van der Waals surface area contributed by atoms with Crippen molar-refractivity contribution < 1.29 is 14.6 Å². The molecule has 1 aliphatic heterocycles. The molecule has 1 fully saturated rings. The lowest BCUT2D eigenvalue weighted by atomic mass is 10.0.